The molecule has 2 aromatic carbocycles. The molecule has 0 unspecified atom stereocenters. The highest BCUT2D eigenvalue weighted by molar-refractivity contribution is 5.97. The smallest absolute Gasteiger partial charge is 0.366 e. The Morgan fingerprint density at radius 1 is 0.796 bits per heavy atom. The molecule has 4 bridgehead atoms. The van der Waals surface area contributed by atoms with Crippen molar-refractivity contribution in [1.82, 2.24) is 15.3 Å². The molecular formula is C39H44F6N8O. The number of hydrogen-bond donors (Lipinski definition) is 3. The van der Waals surface area contributed by atoms with Crippen LogP contribution in [0.5, 0.6) is 0 Å². The van der Waals surface area contributed by atoms with Crippen molar-refractivity contribution in [3.8, 4) is 22.5 Å². The molecule has 4 N–H and O–H groups in total. The number of halogens is 6. The molecule has 2 atom stereocenters. The predicted octanol–water partition coefficient (Wildman–Crippen LogP) is 8.41. The predicted molar refractivity (Wildman–Crippen MR) is 200 cm³/mol. The van der Waals surface area contributed by atoms with Gasteiger partial charge in [-0.1, -0.05) is 38.1 Å². The minimum Gasteiger partial charge on any atom is -0.366 e. The lowest BCUT2D eigenvalue weighted by Gasteiger charge is -2.36. The Balaban J connectivity index is 0.000000171. The summed E-state index contributed by atoms with van der Waals surface area (Å²) in [5.74, 6) is 1.28. The van der Waals surface area contributed by atoms with Crippen LogP contribution in [0.3, 0.4) is 0 Å². The van der Waals surface area contributed by atoms with Gasteiger partial charge in [-0.05, 0) is 80.8 Å². The van der Waals surface area contributed by atoms with Gasteiger partial charge in [-0.3, -0.25) is 4.90 Å². The molecule has 2 fully saturated rings. The lowest BCUT2D eigenvalue weighted by Crippen LogP contribution is -2.50. The van der Waals surface area contributed by atoms with Gasteiger partial charge < -0.3 is 26.2 Å². The molecule has 0 aliphatic carbocycles. The third-order valence-corrected chi connectivity index (χ3v) is 9.70. The minimum atomic E-state index is -4.42. The van der Waals surface area contributed by atoms with Gasteiger partial charge in [0.15, 0.2) is 11.6 Å². The van der Waals surface area contributed by atoms with E-state index in [4.69, 9.17) is 5.73 Å². The van der Waals surface area contributed by atoms with Gasteiger partial charge in [-0.2, -0.15) is 26.3 Å². The number of fused-ring (bicyclic) bond motifs is 8. The first kappa shape index (κ1) is 38.7. The Kier molecular flexibility index (Phi) is 11.5. The number of carbonyl (C=O) groups is 1. The van der Waals surface area contributed by atoms with Gasteiger partial charge in [-0.15, -0.1) is 0 Å². The zero-order valence-corrected chi connectivity index (χ0v) is 30.1. The number of anilines is 4. The van der Waals surface area contributed by atoms with E-state index in [1.165, 1.54) is 12.1 Å². The SMILES string of the molecule is CCCN.CCCNC(=O)N1c2nc(-c3cccc(C(F)(F)F)c3)ccc2N2CC[C@H]1C2.FC(F)(F)c1cccc(-c2ccc3c(n2)N[C@H]2CCN3C2)c1. The second-order valence-electron chi connectivity index (χ2n) is 13.6. The van der Waals surface area contributed by atoms with E-state index in [9.17, 15) is 31.1 Å². The molecule has 4 aromatic rings. The number of nitrogens with one attached hydrogen (secondary N) is 2. The molecule has 6 heterocycles. The molecule has 2 saturated heterocycles. The fourth-order valence-electron chi connectivity index (χ4n) is 6.92. The molecule has 0 spiro atoms. The van der Waals surface area contributed by atoms with Crippen LogP contribution in [0.1, 0.15) is 50.7 Å². The second-order valence-corrected chi connectivity index (χ2v) is 13.6. The Morgan fingerprint density at radius 2 is 1.37 bits per heavy atom. The average Bonchev–Trinajstić information content (AvgIpc) is 3.77. The van der Waals surface area contributed by atoms with Crippen LogP contribution in [0, 0.1) is 0 Å². The van der Waals surface area contributed by atoms with Gasteiger partial charge in [0.25, 0.3) is 0 Å². The fraction of sp³-hybridized carbons (Fsp3) is 0.410. The number of nitrogens with two attached hydrogens (primary N) is 1. The fourth-order valence-corrected chi connectivity index (χ4v) is 6.92. The van der Waals surface area contributed by atoms with Crippen molar-refractivity contribution < 1.29 is 31.1 Å². The van der Waals surface area contributed by atoms with E-state index in [2.05, 4.69) is 37.3 Å². The summed E-state index contributed by atoms with van der Waals surface area (Å²) in [4.78, 5) is 28.0. The van der Waals surface area contributed by atoms with Gasteiger partial charge in [-0.25, -0.2) is 14.8 Å². The molecule has 8 rings (SSSR count). The van der Waals surface area contributed by atoms with Crippen molar-refractivity contribution in [3.63, 3.8) is 0 Å². The summed E-state index contributed by atoms with van der Waals surface area (Å²) in [5, 5.41) is 6.26. The molecular weight excluding hydrogens is 710 g/mol. The van der Waals surface area contributed by atoms with Crippen LogP contribution in [-0.4, -0.2) is 67.4 Å². The Hall–Kier alpha value is -5.05. The highest BCUT2D eigenvalue weighted by atomic mass is 19.4. The zero-order chi connectivity index (χ0) is 38.6. The van der Waals surface area contributed by atoms with E-state index < -0.39 is 23.5 Å². The number of hydrogen-bond acceptors (Lipinski definition) is 7. The Bertz CT molecular complexity index is 1930. The van der Waals surface area contributed by atoms with Crippen LogP contribution in [0.15, 0.2) is 72.8 Å². The monoisotopic (exact) mass is 754 g/mol. The molecule has 0 saturated carbocycles. The van der Waals surface area contributed by atoms with Gasteiger partial charge in [0, 0.05) is 49.9 Å². The molecule has 15 heteroatoms. The number of aromatic nitrogens is 2. The van der Waals surface area contributed by atoms with E-state index in [-0.39, 0.29) is 12.1 Å². The number of amides is 2. The van der Waals surface area contributed by atoms with Crippen molar-refractivity contribution in [1.29, 1.82) is 0 Å². The van der Waals surface area contributed by atoms with Crippen LogP contribution in [0.25, 0.3) is 22.5 Å². The van der Waals surface area contributed by atoms with E-state index >= 15 is 0 Å². The lowest BCUT2D eigenvalue weighted by atomic mass is 10.1. The lowest BCUT2D eigenvalue weighted by molar-refractivity contribution is -0.138. The summed E-state index contributed by atoms with van der Waals surface area (Å²) in [7, 11) is 0. The van der Waals surface area contributed by atoms with Crippen molar-refractivity contribution in [2.75, 3.05) is 59.3 Å². The molecule has 4 aliphatic heterocycles. The summed E-state index contributed by atoms with van der Waals surface area (Å²) in [5.41, 5.74) is 7.36. The van der Waals surface area contributed by atoms with E-state index in [1.807, 2.05) is 19.1 Å². The highest BCUT2D eigenvalue weighted by Gasteiger charge is 2.40. The third-order valence-electron chi connectivity index (χ3n) is 9.70. The van der Waals surface area contributed by atoms with Gasteiger partial charge >= 0.3 is 18.4 Å². The van der Waals surface area contributed by atoms with E-state index in [0.717, 1.165) is 99.9 Å². The zero-order valence-electron chi connectivity index (χ0n) is 30.1. The standard InChI is InChI=1S/C20H21F3N4O.C16H14F3N3.C3H9N/c1-2-9-24-19(28)27-15-8-10-26(12-15)17-7-6-16(25-18(17)27)13-4-3-5-14(11-13)20(21,22)23;17-16(18,19)11-3-1-2-10(8-11)13-4-5-14-15(21-13)20-12-6-7-22(14)9-12;1-2-3-4/h3-7,11,15H,2,8-10,12H2,1H3,(H,24,28);1-5,8,12H,6-7,9H2,(H,20,21);2-4H2,1H3/t15-;12-;/m00./s1. The van der Waals surface area contributed by atoms with Gasteiger partial charge in [0.2, 0.25) is 0 Å². The van der Waals surface area contributed by atoms with Crippen LogP contribution in [0.2, 0.25) is 0 Å². The van der Waals surface area contributed by atoms with E-state index in [0.29, 0.717) is 40.9 Å². The molecule has 0 radical (unpaired) electrons. The summed E-state index contributed by atoms with van der Waals surface area (Å²) in [6.07, 6.45) is -4.93. The Labute approximate surface area is 310 Å². The number of carbonyl (C=O) groups excluding carboxylic acids is 1. The first-order valence-corrected chi connectivity index (χ1v) is 18.2. The maximum Gasteiger partial charge on any atom is 0.416 e. The van der Waals surface area contributed by atoms with Crippen LogP contribution in [0.4, 0.5) is 54.1 Å². The quantitative estimate of drug-likeness (QED) is 0.176. The summed E-state index contributed by atoms with van der Waals surface area (Å²) in [6.45, 7) is 8.96. The first-order valence-electron chi connectivity index (χ1n) is 18.2. The summed E-state index contributed by atoms with van der Waals surface area (Å²) in [6, 6.07) is 17.9. The van der Waals surface area contributed by atoms with Gasteiger partial charge in [0.05, 0.1) is 39.9 Å². The topological polar surface area (TPSA) is 103 Å². The van der Waals surface area contributed by atoms with Crippen LogP contribution in [-0.2, 0) is 12.4 Å². The average molecular weight is 755 g/mol. The second kappa shape index (κ2) is 16.1. The number of alkyl halides is 6. The molecule has 54 heavy (non-hydrogen) atoms. The minimum absolute atomic E-state index is 0.0219. The first-order chi connectivity index (χ1) is 25.8. The number of rotatable bonds is 5. The van der Waals surface area contributed by atoms with Crippen molar-refractivity contribution in [2.45, 2.75) is 64.0 Å². The highest BCUT2D eigenvalue weighted by Crippen LogP contribution is 2.41. The molecule has 288 valence electrons. The normalized spacial score (nSPS) is 18.1. The maximum absolute atomic E-state index is 13.1. The van der Waals surface area contributed by atoms with Crippen molar-refractivity contribution >= 4 is 29.0 Å². The summed E-state index contributed by atoms with van der Waals surface area (Å²) >= 11 is 0. The number of urea groups is 1. The number of nitrogens with zero attached hydrogens (tertiary/aromatic N) is 5. The van der Waals surface area contributed by atoms with Crippen molar-refractivity contribution in [3.05, 3.63) is 83.9 Å². The van der Waals surface area contributed by atoms with Crippen LogP contribution >= 0.6 is 0 Å². The number of pyridine rings is 2. The maximum atomic E-state index is 13.1. The summed E-state index contributed by atoms with van der Waals surface area (Å²) < 4.78 is 77.7. The number of benzene rings is 2. The largest absolute Gasteiger partial charge is 0.416 e. The molecule has 2 aromatic heterocycles. The van der Waals surface area contributed by atoms with Crippen molar-refractivity contribution in [2.24, 2.45) is 5.73 Å². The third kappa shape index (κ3) is 8.51. The van der Waals surface area contributed by atoms with Crippen LogP contribution < -0.4 is 31.1 Å². The van der Waals surface area contributed by atoms with E-state index in [1.54, 1.807) is 29.2 Å². The van der Waals surface area contributed by atoms with Gasteiger partial charge in [0.1, 0.15) is 0 Å². The Morgan fingerprint density at radius 3 is 1.96 bits per heavy atom. The molecule has 4 aliphatic rings. The molecule has 2 amide bonds. The molecule has 9 nitrogen and oxygen atoms in total.